The minimum Gasteiger partial charge on any atom is -0.483 e. The summed E-state index contributed by atoms with van der Waals surface area (Å²) in [6.07, 6.45) is 1.49. The standard InChI is InChI=1S/C18H14BrN3O6S2/c19-11-1-6-14(10(7-11)8-15-17(24)22-18(25)29-15)28-9-16(23)21-12-2-4-13(5-3-12)30(20,26)27/h1-8H,9H2,(H,21,23)(H2,20,26,27)(H,22,24,25)/b15-8-. The first kappa shape index (κ1) is 22.0. The van der Waals surface area contributed by atoms with Gasteiger partial charge in [0.2, 0.25) is 10.0 Å². The zero-order chi connectivity index (χ0) is 21.9. The number of benzene rings is 2. The van der Waals surface area contributed by atoms with Crippen molar-refractivity contribution in [1.29, 1.82) is 0 Å². The first-order valence-corrected chi connectivity index (χ1v) is 11.4. The average molecular weight is 512 g/mol. The Morgan fingerprint density at radius 1 is 1.20 bits per heavy atom. The number of hydrogen-bond donors (Lipinski definition) is 3. The number of imide groups is 1. The number of amides is 3. The summed E-state index contributed by atoms with van der Waals surface area (Å²) in [7, 11) is -3.82. The van der Waals surface area contributed by atoms with Crippen molar-refractivity contribution in [2.24, 2.45) is 5.14 Å². The Morgan fingerprint density at radius 3 is 2.50 bits per heavy atom. The Labute approximate surface area is 184 Å². The number of thioether (sulfide) groups is 1. The first-order valence-electron chi connectivity index (χ1n) is 8.22. The highest BCUT2D eigenvalue weighted by atomic mass is 79.9. The molecule has 2 aromatic carbocycles. The van der Waals surface area contributed by atoms with Gasteiger partial charge in [0.25, 0.3) is 17.1 Å². The number of ether oxygens (including phenoxy) is 1. The summed E-state index contributed by atoms with van der Waals surface area (Å²) in [5.41, 5.74) is 0.869. The fraction of sp³-hybridized carbons (Fsp3) is 0.0556. The number of nitrogens with two attached hydrogens (primary N) is 1. The number of carbonyl (C=O) groups is 3. The topological polar surface area (TPSA) is 145 Å². The molecule has 2 aromatic rings. The minimum atomic E-state index is -3.82. The SMILES string of the molecule is NS(=O)(=O)c1ccc(NC(=O)COc2ccc(Br)cc2/C=C2\SC(=O)NC2=O)cc1. The van der Waals surface area contributed by atoms with Crippen LogP contribution in [0.2, 0.25) is 0 Å². The van der Waals surface area contributed by atoms with Gasteiger partial charge < -0.3 is 10.1 Å². The fourth-order valence-corrected chi connectivity index (χ4v) is 3.96. The molecule has 9 nitrogen and oxygen atoms in total. The van der Waals surface area contributed by atoms with Crippen molar-refractivity contribution < 1.29 is 27.5 Å². The maximum absolute atomic E-state index is 12.2. The van der Waals surface area contributed by atoms with Gasteiger partial charge in [-0.15, -0.1) is 0 Å². The zero-order valence-corrected chi connectivity index (χ0v) is 18.3. The fourth-order valence-electron chi connectivity index (χ4n) is 2.39. The quantitative estimate of drug-likeness (QED) is 0.504. The molecule has 0 aromatic heterocycles. The molecule has 4 N–H and O–H groups in total. The number of anilines is 1. The third kappa shape index (κ3) is 5.69. The summed E-state index contributed by atoms with van der Waals surface area (Å²) < 4.78 is 28.8. The van der Waals surface area contributed by atoms with E-state index in [-0.39, 0.29) is 16.4 Å². The lowest BCUT2D eigenvalue weighted by Gasteiger charge is -2.11. The lowest BCUT2D eigenvalue weighted by atomic mass is 10.2. The summed E-state index contributed by atoms with van der Waals surface area (Å²) in [6.45, 7) is -0.340. The third-order valence-electron chi connectivity index (χ3n) is 3.73. The van der Waals surface area contributed by atoms with Crippen LogP contribution in [0.5, 0.6) is 5.75 Å². The van der Waals surface area contributed by atoms with Crippen LogP contribution in [-0.4, -0.2) is 32.1 Å². The van der Waals surface area contributed by atoms with E-state index in [1.807, 2.05) is 0 Å². The van der Waals surface area contributed by atoms with E-state index in [0.29, 0.717) is 17.0 Å². The number of sulfonamides is 1. The summed E-state index contributed by atoms with van der Waals surface area (Å²) in [6, 6.07) is 10.4. The molecule has 0 unspecified atom stereocenters. The van der Waals surface area contributed by atoms with Gasteiger partial charge in [0.1, 0.15) is 5.75 Å². The van der Waals surface area contributed by atoms with Crippen molar-refractivity contribution in [2.45, 2.75) is 4.90 Å². The van der Waals surface area contributed by atoms with Crippen molar-refractivity contribution in [1.82, 2.24) is 5.32 Å². The molecule has 0 spiro atoms. The lowest BCUT2D eigenvalue weighted by molar-refractivity contribution is -0.118. The van der Waals surface area contributed by atoms with E-state index in [4.69, 9.17) is 9.88 Å². The normalized spacial score (nSPS) is 15.2. The van der Waals surface area contributed by atoms with Gasteiger partial charge in [-0.3, -0.25) is 19.7 Å². The Balaban J connectivity index is 1.68. The minimum absolute atomic E-state index is 0.0726. The second kappa shape index (κ2) is 9.00. The van der Waals surface area contributed by atoms with E-state index < -0.39 is 27.1 Å². The summed E-state index contributed by atoms with van der Waals surface area (Å²) in [4.78, 5) is 35.4. The molecule has 156 valence electrons. The molecule has 0 radical (unpaired) electrons. The van der Waals surface area contributed by atoms with Gasteiger partial charge in [-0.2, -0.15) is 0 Å². The van der Waals surface area contributed by atoms with E-state index in [2.05, 4.69) is 26.6 Å². The molecule has 3 amide bonds. The summed E-state index contributed by atoms with van der Waals surface area (Å²) in [5.74, 6) is -0.655. The highest BCUT2D eigenvalue weighted by Gasteiger charge is 2.25. The highest BCUT2D eigenvalue weighted by molar-refractivity contribution is 9.10. The van der Waals surface area contributed by atoms with Crippen molar-refractivity contribution in [3.63, 3.8) is 0 Å². The van der Waals surface area contributed by atoms with Crippen LogP contribution >= 0.6 is 27.7 Å². The molecule has 1 aliphatic rings. The molecule has 0 atom stereocenters. The third-order valence-corrected chi connectivity index (χ3v) is 5.96. The largest absolute Gasteiger partial charge is 0.483 e. The second-order valence-corrected chi connectivity index (χ2v) is 9.43. The maximum Gasteiger partial charge on any atom is 0.290 e. The molecule has 1 aliphatic heterocycles. The van der Waals surface area contributed by atoms with Gasteiger partial charge in [-0.05, 0) is 60.3 Å². The molecule has 12 heteroatoms. The maximum atomic E-state index is 12.2. The number of nitrogens with one attached hydrogen (secondary N) is 2. The number of halogens is 1. The smallest absolute Gasteiger partial charge is 0.290 e. The number of hydrogen-bond acceptors (Lipinski definition) is 7. The molecule has 1 heterocycles. The van der Waals surface area contributed by atoms with Crippen LogP contribution < -0.4 is 20.5 Å². The van der Waals surface area contributed by atoms with E-state index in [1.165, 1.54) is 30.3 Å². The van der Waals surface area contributed by atoms with E-state index in [0.717, 1.165) is 16.2 Å². The van der Waals surface area contributed by atoms with Crippen LogP contribution in [-0.2, 0) is 19.6 Å². The first-order chi connectivity index (χ1) is 14.1. The Kier molecular flexibility index (Phi) is 6.61. The molecular weight excluding hydrogens is 498 g/mol. The van der Waals surface area contributed by atoms with Gasteiger partial charge in [0.15, 0.2) is 6.61 Å². The van der Waals surface area contributed by atoms with E-state index in [1.54, 1.807) is 18.2 Å². The van der Waals surface area contributed by atoms with Crippen LogP contribution in [0.3, 0.4) is 0 Å². The predicted octanol–water partition coefficient (Wildman–Crippen LogP) is 2.44. The van der Waals surface area contributed by atoms with Crippen LogP contribution in [0.15, 0.2) is 56.7 Å². The van der Waals surface area contributed by atoms with Crippen molar-refractivity contribution in [3.8, 4) is 5.75 Å². The Morgan fingerprint density at radius 2 is 1.90 bits per heavy atom. The monoisotopic (exact) mass is 511 g/mol. The lowest BCUT2D eigenvalue weighted by Crippen LogP contribution is -2.20. The predicted molar refractivity (Wildman–Crippen MR) is 115 cm³/mol. The van der Waals surface area contributed by atoms with Gasteiger partial charge in [0, 0.05) is 15.7 Å². The van der Waals surface area contributed by atoms with E-state index >= 15 is 0 Å². The molecular formula is C18H14BrN3O6S2. The van der Waals surface area contributed by atoms with Gasteiger partial charge >= 0.3 is 0 Å². The van der Waals surface area contributed by atoms with Crippen LogP contribution in [0.1, 0.15) is 5.56 Å². The van der Waals surface area contributed by atoms with Crippen LogP contribution in [0, 0.1) is 0 Å². The van der Waals surface area contributed by atoms with Crippen LogP contribution in [0.4, 0.5) is 10.5 Å². The molecule has 30 heavy (non-hydrogen) atoms. The number of rotatable bonds is 6. The molecule has 0 bridgehead atoms. The molecule has 1 saturated heterocycles. The van der Waals surface area contributed by atoms with Gasteiger partial charge in [0.05, 0.1) is 9.80 Å². The summed E-state index contributed by atoms with van der Waals surface area (Å²) in [5, 5.41) is 9.31. The molecule has 0 aliphatic carbocycles. The van der Waals surface area contributed by atoms with Gasteiger partial charge in [-0.1, -0.05) is 15.9 Å². The Bertz CT molecular complexity index is 1160. The zero-order valence-electron chi connectivity index (χ0n) is 15.0. The number of carbonyl (C=O) groups excluding carboxylic acids is 3. The highest BCUT2D eigenvalue weighted by Crippen LogP contribution is 2.31. The molecule has 0 saturated carbocycles. The Hall–Kier alpha value is -2.67. The van der Waals surface area contributed by atoms with Crippen molar-refractivity contribution >= 4 is 66.5 Å². The van der Waals surface area contributed by atoms with Gasteiger partial charge in [-0.25, -0.2) is 13.6 Å². The van der Waals surface area contributed by atoms with Crippen molar-refractivity contribution in [3.05, 3.63) is 57.4 Å². The van der Waals surface area contributed by atoms with Crippen LogP contribution in [0.25, 0.3) is 6.08 Å². The summed E-state index contributed by atoms with van der Waals surface area (Å²) >= 11 is 4.10. The number of primary sulfonamides is 1. The second-order valence-electron chi connectivity index (χ2n) is 5.94. The van der Waals surface area contributed by atoms with E-state index in [9.17, 15) is 22.8 Å². The average Bonchev–Trinajstić information content (AvgIpc) is 2.97. The molecule has 1 fully saturated rings. The van der Waals surface area contributed by atoms with Crippen molar-refractivity contribution in [2.75, 3.05) is 11.9 Å². The molecule has 3 rings (SSSR count).